The molecule has 1 aliphatic heterocycles. The Morgan fingerprint density at radius 3 is 2.80 bits per heavy atom. The molecule has 1 amide bonds. The average molecular weight is 445 g/mol. The number of carbonyl (C=O) groups excluding carboxylic acids is 1. The molecule has 156 valence electrons. The van der Waals surface area contributed by atoms with Crippen molar-refractivity contribution < 1.29 is 19.4 Å². The van der Waals surface area contributed by atoms with E-state index in [1.807, 2.05) is 6.92 Å². The van der Waals surface area contributed by atoms with Crippen molar-refractivity contribution in [2.24, 2.45) is 4.99 Å². The fourth-order valence-electron chi connectivity index (χ4n) is 2.84. The van der Waals surface area contributed by atoms with Gasteiger partial charge in [0.15, 0.2) is 16.7 Å². The van der Waals surface area contributed by atoms with Crippen molar-refractivity contribution in [1.29, 1.82) is 0 Å². The van der Waals surface area contributed by atoms with Crippen LogP contribution in [0, 0.1) is 0 Å². The van der Waals surface area contributed by atoms with E-state index in [9.17, 15) is 9.90 Å². The number of hydrogen-bond acceptors (Lipinski definition) is 6. The largest absolute Gasteiger partial charge is 0.504 e. The van der Waals surface area contributed by atoms with Crippen LogP contribution in [0.25, 0.3) is 6.08 Å². The van der Waals surface area contributed by atoms with E-state index in [1.165, 1.54) is 11.8 Å². The molecule has 30 heavy (non-hydrogen) atoms. The van der Waals surface area contributed by atoms with Crippen molar-refractivity contribution in [2.45, 2.75) is 13.3 Å². The fourth-order valence-corrected chi connectivity index (χ4v) is 3.84. The number of aromatic hydroxyl groups is 1. The minimum absolute atomic E-state index is 0.0812. The molecule has 6 nitrogen and oxygen atoms in total. The van der Waals surface area contributed by atoms with Gasteiger partial charge < -0.3 is 19.9 Å². The van der Waals surface area contributed by atoms with Gasteiger partial charge in [-0.05, 0) is 67.1 Å². The van der Waals surface area contributed by atoms with Gasteiger partial charge in [0.2, 0.25) is 0 Å². The first kappa shape index (κ1) is 21.8. The lowest BCUT2D eigenvalue weighted by Gasteiger charge is -2.11. The number of thioether (sulfide) groups is 1. The van der Waals surface area contributed by atoms with E-state index in [4.69, 9.17) is 21.1 Å². The van der Waals surface area contributed by atoms with E-state index >= 15 is 0 Å². The number of aliphatic imine (C=N–C) groups is 1. The van der Waals surface area contributed by atoms with Gasteiger partial charge in [-0.25, -0.2) is 4.99 Å². The molecule has 0 atom stereocenters. The number of methoxy groups -OCH3 is 1. The van der Waals surface area contributed by atoms with E-state index in [0.717, 1.165) is 5.56 Å². The zero-order chi connectivity index (χ0) is 21.7. The van der Waals surface area contributed by atoms with Crippen LogP contribution >= 0.6 is 23.4 Å². The molecule has 2 aromatic carbocycles. The second-order valence-corrected chi connectivity index (χ2v) is 7.72. The van der Waals surface area contributed by atoms with E-state index in [-0.39, 0.29) is 11.7 Å². The van der Waals surface area contributed by atoms with Crippen molar-refractivity contribution in [3.63, 3.8) is 0 Å². The standard InChI is InChI=1S/C22H21ClN2O4S/c1-4-6-14-9-13(10-18(20(14)26)29-5-2)11-19-21(27)25-22(30-19)24-16-12-15(23)7-8-17(16)28-3/h4,7-12,26H,1,5-6H2,2-3H3,(H,24,25,27)/b19-11+. The molecule has 1 heterocycles. The molecule has 1 saturated heterocycles. The summed E-state index contributed by atoms with van der Waals surface area (Å²) in [6, 6.07) is 8.58. The number of amides is 1. The number of nitrogens with one attached hydrogen (secondary N) is 1. The van der Waals surface area contributed by atoms with Gasteiger partial charge in [0.05, 0.1) is 18.6 Å². The van der Waals surface area contributed by atoms with E-state index in [2.05, 4.69) is 16.9 Å². The maximum atomic E-state index is 12.5. The van der Waals surface area contributed by atoms with Crippen molar-refractivity contribution in [3.8, 4) is 17.2 Å². The molecule has 0 spiro atoms. The molecular weight excluding hydrogens is 424 g/mol. The van der Waals surface area contributed by atoms with Crippen LogP contribution in [0.2, 0.25) is 5.02 Å². The number of allylic oxidation sites excluding steroid dienone is 1. The third-order valence-corrected chi connectivity index (χ3v) is 5.30. The Hall–Kier alpha value is -2.90. The summed E-state index contributed by atoms with van der Waals surface area (Å²) in [6.45, 7) is 5.97. The summed E-state index contributed by atoms with van der Waals surface area (Å²) in [5.41, 5.74) is 1.92. The minimum atomic E-state index is -0.268. The highest BCUT2D eigenvalue weighted by molar-refractivity contribution is 8.18. The van der Waals surface area contributed by atoms with Crippen LogP contribution in [-0.2, 0) is 11.2 Å². The Kier molecular flexibility index (Phi) is 7.07. The second kappa shape index (κ2) is 9.73. The van der Waals surface area contributed by atoms with E-state index in [0.29, 0.717) is 50.9 Å². The molecule has 2 N–H and O–H groups in total. The molecule has 0 aliphatic carbocycles. The van der Waals surface area contributed by atoms with Crippen LogP contribution in [0.3, 0.4) is 0 Å². The Bertz CT molecular complexity index is 1050. The monoisotopic (exact) mass is 444 g/mol. The number of nitrogens with zero attached hydrogens (tertiary/aromatic N) is 1. The smallest absolute Gasteiger partial charge is 0.264 e. The average Bonchev–Trinajstić information content (AvgIpc) is 3.04. The number of ether oxygens (including phenoxy) is 2. The summed E-state index contributed by atoms with van der Waals surface area (Å²) < 4.78 is 10.8. The van der Waals surface area contributed by atoms with Crippen LogP contribution in [0.1, 0.15) is 18.1 Å². The second-order valence-electron chi connectivity index (χ2n) is 6.25. The van der Waals surface area contributed by atoms with E-state index < -0.39 is 0 Å². The quantitative estimate of drug-likeness (QED) is 0.460. The molecule has 0 radical (unpaired) electrons. The van der Waals surface area contributed by atoms with Gasteiger partial charge in [0.25, 0.3) is 5.91 Å². The molecule has 0 bridgehead atoms. The number of carbonyl (C=O) groups is 1. The molecule has 0 unspecified atom stereocenters. The van der Waals surface area contributed by atoms with Gasteiger partial charge >= 0.3 is 0 Å². The fraction of sp³-hybridized carbons (Fsp3) is 0.182. The lowest BCUT2D eigenvalue weighted by molar-refractivity contribution is -0.115. The number of phenolic OH excluding ortho intramolecular Hbond substituents is 1. The zero-order valence-corrected chi connectivity index (χ0v) is 18.1. The predicted molar refractivity (Wildman–Crippen MR) is 122 cm³/mol. The summed E-state index contributed by atoms with van der Waals surface area (Å²) in [6.07, 6.45) is 3.90. The Labute approximate surface area is 184 Å². The Morgan fingerprint density at radius 1 is 1.30 bits per heavy atom. The molecule has 0 saturated carbocycles. The number of halogens is 1. The van der Waals surface area contributed by atoms with Crippen LogP contribution in [-0.4, -0.2) is 29.9 Å². The van der Waals surface area contributed by atoms with Crippen molar-refractivity contribution in [2.75, 3.05) is 13.7 Å². The van der Waals surface area contributed by atoms with Gasteiger partial charge in [-0.15, -0.1) is 6.58 Å². The van der Waals surface area contributed by atoms with Crippen molar-refractivity contribution >= 4 is 46.2 Å². The van der Waals surface area contributed by atoms with Crippen LogP contribution in [0.4, 0.5) is 5.69 Å². The van der Waals surface area contributed by atoms with Crippen LogP contribution in [0.5, 0.6) is 17.2 Å². The maximum absolute atomic E-state index is 12.5. The number of rotatable bonds is 7. The highest BCUT2D eigenvalue weighted by Crippen LogP contribution is 2.36. The SMILES string of the molecule is C=CCc1cc(/C=C2/SC(=Nc3cc(Cl)ccc3OC)NC2=O)cc(OCC)c1O. The highest BCUT2D eigenvalue weighted by atomic mass is 35.5. The number of amidine groups is 1. The Morgan fingerprint density at radius 2 is 2.10 bits per heavy atom. The van der Waals surface area contributed by atoms with E-state index in [1.54, 1.807) is 49.6 Å². The van der Waals surface area contributed by atoms with Gasteiger partial charge in [0.1, 0.15) is 11.4 Å². The highest BCUT2D eigenvalue weighted by Gasteiger charge is 2.24. The van der Waals surface area contributed by atoms with Crippen molar-refractivity contribution in [3.05, 3.63) is 64.0 Å². The molecular formula is C22H21ClN2O4S. The van der Waals surface area contributed by atoms with Crippen molar-refractivity contribution in [1.82, 2.24) is 5.32 Å². The number of hydrogen-bond donors (Lipinski definition) is 2. The van der Waals surface area contributed by atoms with Crippen LogP contribution in [0.15, 0.2) is 52.9 Å². The zero-order valence-electron chi connectivity index (χ0n) is 16.6. The van der Waals surface area contributed by atoms with Gasteiger partial charge in [-0.2, -0.15) is 0 Å². The van der Waals surface area contributed by atoms with Crippen LogP contribution < -0.4 is 14.8 Å². The third kappa shape index (κ3) is 4.98. The molecule has 0 aromatic heterocycles. The van der Waals surface area contributed by atoms with Gasteiger partial charge in [-0.3, -0.25) is 4.79 Å². The summed E-state index contributed by atoms with van der Waals surface area (Å²) in [7, 11) is 1.54. The number of benzene rings is 2. The molecule has 3 rings (SSSR count). The first-order valence-corrected chi connectivity index (χ1v) is 10.4. The van der Waals surface area contributed by atoms with Gasteiger partial charge in [-0.1, -0.05) is 17.7 Å². The summed E-state index contributed by atoms with van der Waals surface area (Å²) in [5, 5.41) is 14.0. The number of phenols is 1. The summed E-state index contributed by atoms with van der Waals surface area (Å²) in [4.78, 5) is 17.4. The molecule has 2 aromatic rings. The molecule has 1 aliphatic rings. The normalized spacial score (nSPS) is 16.0. The molecule has 8 heteroatoms. The lowest BCUT2D eigenvalue weighted by Crippen LogP contribution is -2.19. The van der Waals surface area contributed by atoms with Gasteiger partial charge in [0, 0.05) is 10.6 Å². The minimum Gasteiger partial charge on any atom is -0.504 e. The third-order valence-electron chi connectivity index (χ3n) is 4.15. The lowest BCUT2D eigenvalue weighted by atomic mass is 10.1. The maximum Gasteiger partial charge on any atom is 0.264 e. The topological polar surface area (TPSA) is 80.2 Å². The molecule has 1 fully saturated rings. The first-order chi connectivity index (χ1) is 14.4. The predicted octanol–water partition coefficient (Wildman–Crippen LogP) is 5.07. The first-order valence-electron chi connectivity index (χ1n) is 9.17. The summed E-state index contributed by atoms with van der Waals surface area (Å²) >= 11 is 7.25. The summed E-state index contributed by atoms with van der Waals surface area (Å²) in [5.74, 6) is 0.728. The Balaban J connectivity index is 1.93.